The van der Waals surface area contributed by atoms with E-state index < -0.39 is 0 Å². The highest BCUT2D eigenvalue weighted by atomic mass is 16.2. The van der Waals surface area contributed by atoms with Gasteiger partial charge in [-0.05, 0) is 25.2 Å². The van der Waals surface area contributed by atoms with Crippen LogP contribution >= 0.6 is 0 Å². The van der Waals surface area contributed by atoms with Gasteiger partial charge in [-0.3, -0.25) is 0 Å². The molecule has 0 heterocycles. The van der Waals surface area contributed by atoms with Gasteiger partial charge >= 0.3 is 6.03 Å². The molecule has 0 bridgehead atoms. The maximum Gasteiger partial charge on any atom is 0.315 e. The number of carbonyl (C=O) groups excluding carboxylic acids is 1. The SMILES string of the molecule is CCNC(=O)NC1CCCCC1(C)C. The summed E-state index contributed by atoms with van der Waals surface area (Å²) in [7, 11) is 0. The predicted octanol–water partition coefficient (Wildman–Crippen LogP) is 2.27. The molecular formula is C11H22N2O. The third kappa shape index (κ3) is 2.89. The van der Waals surface area contributed by atoms with Gasteiger partial charge in [0, 0.05) is 12.6 Å². The fourth-order valence-corrected chi connectivity index (χ4v) is 2.13. The standard InChI is InChI=1S/C11H22N2O/c1-4-12-10(14)13-9-7-5-6-8-11(9,2)3/h9H,4-8H2,1-3H3,(H2,12,13,14). The Morgan fingerprint density at radius 3 is 2.71 bits per heavy atom. The zero-order valence-corrected chi connectivity index (χ0v) is 9.52. The van der Waals surface area contributed by atoms with Crippen molar-refractivity contribution in [3.8, 4) is 0 Å². The summed E-state index contributed by atoms with van der Waals surface area (Å²) in [6.07, 6.45) is 4.86. The minimum absolute atomic E-state index is 0.0209. The molecule has 0 aromatic carbocycles. The van der Waals surface area contributed by atoms with E-state index in [-0.39, 0.29) is 11.4 Å². The number of nitrogens with one attached hydrogen (secondary N) is 2. The Balaban J connectivity index is 2.45. The molecule has 2 N–H and O–H groups in total. The molecule has 0 aromatic heterocycles. The molecule has 0 spiro atoms. The second-order valence-corrected chi connectivity index (χ2v) is 4.79. The number of rotatable bonds is 2. The Labute approximate surface area is 86.6 Å². The molecule has 1 atom stereocenters. The van der Waals surface area contributed by atoms with E-state index in [9.17, 15) is 4.79 Å². The van der Waals surface area contributed by atoms with Gasteiger partial charge in [-0.2, -0.15) is 0 Å². The smallest absolute Gasteiger partial charge is 0.315 e. The van der Waals surface area contributed by atoms with Gasteiger partial charge in [0.15, 0.2) is 0 Å². The average Bonchev–Trinajstić information content (AvgIpc) is 2.09. The molecule has 1 aliphatic rings. The van der Waals surface area contributed by atoms with Crippen molar-refractivity contribution >= 4 is 6.03 Å². The van der Waals surface area contributed by atoms with Crippen molar-refractivity contribution in [2.45, 2.75) is 52.5 Å². The van der Waals surface area contributed by atoms with Crippen LogP contribution in [0.4, 0.5) is 4.79 Å². The van der Waals surface area contributed by atoms with Crippen LogP contribution in [0.25, 0.3) is 0 Å². The molecule has 3 nitrogen and oxygen atoms in total. The number of hydrogen-bond donors (Lipinski definition) is 2. The Morgan fingerprint density at radius 2 is 2.14 bits per heavy atom. The average molecular weight is 198 g/mol. The zero-order valence-electron chi connectivity index (χ0n) is 9.52. The normalized spacial score (nSPS) is 25.5. The Morgan fingerprint density at radius 1 is 1.43 bits per heavy atom. The minimum Gasteiger partial charge on any atom is -0.338 e. The van der Waals surface area contributed by atoms with Crippen LogP contribution in [0.15, 0.2) is 0 Å². The van der Waals surface area contributed by atoms with Gasteiger partial charge in [-0.15, -0.1) is 0 Å². The zero-order chi connectivity index (χ0) is 10.6. The third-order valence-electron chi connectivity index (χ3n) is 3.15. The molecular weight excluding hydrogens is 176 g/mol. The lowest BCUT2D eigenvalue weighted by Crippen LogP contribution is -2.50. The Hall–Kier alpha value is -0.730. The number of amides is 2. The lowest BCUT2D eigenvalue weighted by Gasteiger charge is -2.38. The van der Waals surface area contributed by atoms with Crippen molar-refractivity contribution in [2.24, 2.45) is 5.41 Å². The van der Waals surface area contributed by atoms with E-state index in [1.54, 1.807) is 0 Å². The van der Waals surface area contributed by atoms with Gasteiger partial charge in [0.1, 0.15) is 0 Å². The van der Waals surface area contributed by atoms with Crippen LogP contribution in [0.2, 0.25) is 0 Å². The Bertz CT molecular complexity index is 201. The van der Waals surface area contributed by atoms with Gasteiger partial charge in [-0.1, -0.05) is 26.7 Å². The molecule has 14 heavy (non-hydrogen) atoms. The topological polar surface area (TPSA) is 41.1 Å². The molecule has 2 amide bonds. The Kier molecular flexibility index (Phi) is 3.78. The van der Waals surface area contributed by atoms with E-state index in [4.69, 9.17) is 0 Å². The van der Waals surface area contributed by atoms with E-state index in [0.717, 1.165) is 6.42 Å². The van der Waals surface area contributed by atoms with E-state index >= 15 is 0 Å². The van der Waals surface area contributed by atoms with Crippen molar-refractivity contribution in [2.75, 3.05) is 6.54 Å². The molecule has 82 valence electrons. The van der Waals surface area contributed by atoms with Crippen molar-refractivity contribution in [3.63, 3.8) is 0 Å². The first kappa shape index (κ1) is 11.3. The van der Waals surface area contributed by atoms with Crippen LogP contribution in [-0.2, 0) is 0 Å². The van der Waals surface area contributed by atoms with Crippen molar-refractivity contribution < 1.29 is 4.79 Å². The second kappa shape index (κ2) is 4.67. The van der Waals surface area contributed by atoms with Crippen LogP contribution in [-0.4, -0.2) is 18.6 Å². The van der Waals surface area contributed by atoms with Crippen molar-refractivity contribution in [3.05, 3.63) is 0 Å². The summed E-state index contributed by atoms with van der Waals surface area (Å²) in [4.78, 5) is 11.4. The molecule has 1 saturated carbocycles. The highest BCUT2D eigenvalue weighted by Gasteiger charge is 2.32. The van der Waals surface area contributed by atoms with E-state index in [1.165, 1.54) is 19.3 Å². The first-order valence-electron chi connectivity index (χ1n) is 5.60. The van der Waals surface area contributed by atoms with Crippen LogP contribution in [0.5, 0.6) is 0 Å². The highest BCUT2D eigenvalue weighted by molar-refractivity contribution is 5.74. The third-order valence-corrected chi connectivity index (χ3v) is 3.15. The molecule has 0 aliphatic heterocycles. The largest absolute Gasteiger partial charge is 0.338 e. The molecule has 0 radical (unpaired) electrons. The van der Waals surface area contributed by atoms with Gasteiger partial charge in [0.2, 0.25) is 0 Å². The molecule has 1 fully saturated rings. The maximum atomic E-state index is 11.4. The summed E-state index contributed by atoms with van der Waals surface area (Å²) in [6.45, 7) is 7.11. The fraction of sp³-hybridized carbons (Fsp3) is 0.909. The summed E-state index contributed by atoms with van der Waals surface area (Å²) >= 11 is 0. The second-order valence-electron chi connectivity index (χ2n) is 4.79. The summed E-state index contributed by atoms with van der Waals surface area (Å²) in [5, 5.41) is 5.84. The quantitative estimate of drug-likeness (QED) is 0.702. The highest BCUT2D eigenvalue weighted by Crippen LogP contribution is 2.35. The van der Waals surface area contributed by atoms with E-state index in [1.807, 2.05) is 6.92 Å². The van der Waals surface area contributed by atoms with Crippen LogP contribution in [0, 0.1) is 5.41 Å². The molecule has 3 heteroatoms. The number of urea groups is 1. The van der Waals surface area contributed by atoms with Crippen LogP contribution < -0.4 is 10.6 Å². The van der Waals surface area contributed by atoms with E-state index in [0.29, 0.717) is 12.6 Å². The number of carbonyl (C=O) groups is 1. The lowest BCUT2D eigenvalue weighted by molar-refractivity contribution is 0.166. The molecule has 1 rings (SSSR count). The van der Waals surface area contributed by atoms with Gasteiger partial charge in [-0.25, -0.2) is 4.79 Å². The minimum atomic E-state index is -0.0209. The predicted molar refractivity (Wildman–Crippen MR) is 58.2 cm³/mol. The van der Waals surface area contributed by atoms with Crippen molar-refractivity contribution in [1.82, 2.24) is 10.6 Å². The molecule has 1 aliphatic carbocycles. The first-order valence-corrected chi connectivity index (χ1v) is 5.60. The van der Waals surface area contributed by atoms with E-state index in [2.05, 4.69) is 24.5 Å². The monoisotopic (exact) mass is 198 g/mol. The lowest BCUT2D eigenvalue weighted by atomic mass is 9.73. The van der Waals surface area contributed by atoms with Crippen molar-refractivity contribution in [1.29, 1.82) is 0 Å². The summed E-state index contributed by atoms with van der Waals surface area (Å²) in [5.41, 5.74) is 0.253. The first-order chi connectivity index (χ1) is 6.56. The van der Waals surface area contributed by atoms with Gasteiger partial charge in [0.05, 0.1) is 0 Å². The van der Waals surface area contributed by atoms with Gasteiger partial charge < -0.3 is 10.6 Å². The molecule has 0 saturated heterocycles. The van der Waals surface area contributed by atoms with Crippen LogP contribution in [0.3, 0.4) is 0 Å². The van der Waals surface area contributed by atoms with Gasteiger partial charge in [0.25, 0.3) is 0 Å². The van der Waals surface area contributed by atoms with Crippen LogP contribution in [0.1, 0.15) is 46.5 Å². The molecule has 1 unspecified atom stereocenters. The summed E-state index contributed by atoms with van der Waals surface area (Å²) in [5.74, 6) is 0. The summed E-state index contributed by atoms with van der Waals surface area (Å²) < 4.78 is 0. The summed E-state index contributed by atoms with van der Waals surface area (Å²) in [6, 6.07) is 0.315. The molecule has 0 aromatic rings. The maximum absolute atomic E-state index is 11.4. The fourth-order valence-electron chi connectivity index (χ4n) is 2.13. The number of hydrogen-bond acceptors (Lipinski definition) is 1.